The number of para-hydroxylation sites is 1. The molecule has 120 valence electrons. The van der Waals surface area contributed by atoms with Crippen molar-refractivity contribution in [2.24, 2.45) is 0 Å². The fourth-order valence-electron chi connectivity index (χ4n) is 5.39. The molecule has 3 aliphatic rings. The third kappa shape index (κ3) is 1.59. The number of hydrogen-bond acceptors (Lipinski definition) is 3. The number of hydrogen-bond donors (Lipinski definition) is 0. The predicted molar refractivity (Wildman–Crippen MR) is 89.3 cm³/mol. The zero-order valence-electron chi connectivity index (χ0n) is 13.5. The van der Waals surface area contributed by atoms with Crippen LogP contribution in [-0.2, 0) is 15.0 Å². The summed E-state index contributed by atoms with van der Waals surface area (Å²) in [6.45, 7) is 7.18. The molecule has 0 spiro atoms. The third-order valence-electron chi connectivity index (χ3n) is 6.04. The fourth-order valence-corrected chi connectivity index (χ4v) is 5.39. The van der Waals surface area contributed by atoms with Crippen LogP contribution in [0.25, 0.3) is 0 Å². The topological polar surface area (TPSA) is 40.6 Å². The minimum Gasteiger partial charge on any atom is -0.300 e. The molecule has 0 bridgehead atoms. The van der Waals surface area contributed by atoms with E-state index in [0.29, 0.717) is 25.0 Å². The van der Waals surface area contributed by atoms with Crippen LogP contribution in [0, 0.1) is 0 Å². The Morgan fingerprint density at radius 2 is 2.13 bits per heavy atom. The van der Waals surface area contributed by atoms with Crippen LogP contribution in [0.1, 0.15) is 38.2 Å². The van der Waals surface area contributed by atoms with Gasteiger partial charge in [-0.05, 0) is 24.5 Å². The van der Waals surface area contributed by atoms with Gasteiger partial charge in [-0.1, -0.05) is 24.3 Å². The van der Waals surface area contributed by atoms with Crippen molar-refractivity contribution >= 4 is 17.4 Å². The van der Waals surface area contributed by atoms with Crippen LogP contribution < -0.4 is 4.90 Å². The average Bonchev–Trinajstić information content (AvgIpc) is 2.97. The van der Waals surface area contributed by atoms with Gasteiger partial charge in [0.25, 0.3) is 0 Å². The molecular formula is C19H22N2O2. The van der Waals surface area contributed by atoms with E-state index in [9.17, 15) is 9.59 Å². The number of carbonyl (C=O) groups excluding carboxylic acids is 2. The van der Waals surface area contributed by atoms with Gasteiger partial charge in [-0.2, -0.15) is 0 Å². The molecule has 0 aromatic heterocycles. The number of fused-ring (bicyclic) bond motifs is 1. The lowest BCUT2D eigenvalue weighted by Gasteiger charge is -2.52. The summed E-state index contributed by atoms with van der Waals surface area (Å²) in [4.78, 5) is 29.3. The Bertz CT molecular complexity index is 713. The fraction of sp³-hybridized carbons (Fsp3) is 0.474. The van der Waals surface area contributed by atoms with Gasteiger partial charge in [0, 0.05) is 44.0 Å². The second kappa shape index (κ2) is 4.78. The van der Waals surface area contributed by atoms with Crippen molar-refractivity contribution in [2.75, 3.05) is 18.0 Å². The highest BCUT2D eigenvalue weighted by atomic mass is 16.2. The van der Waals surface area contributed by atoms with Gasteiger partial charge in [0.1, 0.15) is 11.4 Å². The summed E-state index contributed by atoms with van der Waals surface area (Å²) in [5.74, 6) is 0.380. The molecule has 0 unspecified atom stereocenters. The largest absolute Gasteiger partial charge is 0.300 e. The van der Waals surface area contributed by atoms with Crippen molar-refractivity contribution < 1.29 is 9.59 Å². The molecule has 0 N–H and O–H groups in total. The Balaban J connectivity index is 2.00. The maximum atomic E-state index is 12.6. The molecule has 4 nitrogen and oxygen atoms in total. The van der Waals surface area contributed by atoms with E-state index in [2.05, 4.69) is 17.5 Å². The molecule has 4 heteroatoms. The maximum Gasteiger partial charge on any atom is 0.225 e. The zero-order chi connectivity index (χ0) is 16.2. The number of Topliss-reactive ketones (excluding diaryl/α,β-unsaturated/α-hetero) is 1. The van der Waals surface area contributed by atoms with E-state index in [4.69, 9.17) is 0 Å². The first-order valence-electron chi connectivity index (χ1n) is 8.35. The Kier molecular flexibility index (Phi) is 3.04. The normalized spacial score (nSPS) is 32.4. The van der Waals surface area contributed by atoms with Gasteiger partial charge in [-0.15, -0.1) is 6.58 Å². The van der Waals surface area contributed by atoms with Crippen molar-refractivity contribution in [3.05, 3.63) is 42.5 Å². The highest BCUT2D eigenvalue weighted by Gasteiger charge is 2.70. The summed E-state index contributed by atoms with van der Waals surface area (Å²) >= 11 is 0. The molecule has 0 radical (unpaired) electrons. The second-order valence-electron chi connectivity index (χ2n) is 6.97. The lowest BCUT2D eigenvalue weighted by molar-refractivity contribution is -0.128. The van der Waals surface area contributed by atoms with Crippen LogP contribution in [0.5, 0.6) is 0 Å². The van der Waals surface area contributed by atoms with E-state index in [-0.39, 0.29) is 11.3 Å². The molecule has 2 atom stereocenters. The van der Waals surface area contributed by atoms with Crippen LogP contribution in [0.15, 0.2) is 36.9 Å². The Morgan fingerprint density at radius 1 is 1.35 bits per heavy atom. The monoisotopic (exact) mass is 310 g/mol. The van der Waals surface area contributed by atoms with Crippen LogP contribution >= 0.6 is 0 Å². The highest BCUT2D eigenvalue weighted by molar-refractivity contribution is 5.99. The van der Waals surface area contributed by atoms with Crippen molar-refractivity contribution in [1.29, 1.82) is 0 Å². The van der Waals surface area contributed by atoms with E-state index in [1.165, 1.54) is 5.56 Å². The first-order chi connectivity index (χ1) is 11.1. The van der Waals surface area contributed by atoms with E-state index in [1.807, 2.05) is 29.2 Å². The summed E-state index contributed by atoms with van der Waals surface area (Å²) < 4.78 is 0. The Hall–Kier alpha value is -1.94. The molecule has 2 heterocycles. The Morgan fingerprint density at radius 3 is 2.87 bits per heavy atom. The minimum atomic E-state index is -0.398. The quantitative estimate of drug-likeness (QED) is 0.789. The summed E-state index contributed by atoms with van der Waals surface area (Å²) in [5, 5.41) is 0. The van der Waals surface area contributed by atoms with Crippen LogP contribution in [0.2, 0.25) is 0 Å². The molecule has 1 saturated carbocycles. The first-order valence-corrected chi connectivity index (χ1v) is 8.35. The van der Waals surface area contributed by atoms with Gasteiger partial charge in [0.2, 0.25) is 5.91 Å². The zero-order valence-corrected chi connectivity index (χ0v) is 13.5. The van der Waals surface area contributed by atoms with Gasteiger partial charge < -0.3 is 0 Å². The average molecular weight is 310 g/mol. The van der Waals surface area contributed by atoms with Gasteiger partial charge in [-0.3, -0.25) is 19.4 Å². The second-order valence-corrected chi connectivity index (χ2v) is 6.97. The first kappa shape index (κ1) is 14.6. The van der Waals surface area contributed by atoms with Crippen molar-refractivity contribution in [2.45, 2.75) is 43.7 Å². The molecule has 1 amide bonds. The van der Waals surface area contributed by atoms with Crippen LogP contribution in [0.3, 0.4) is 0 Å². The van der Waals surface area contributed by atoms with Gasteiger partial charge in [0.05, 0.1) is 0 Å². The molecule has 1 aromatic rings. The van der Waals surface area contributed by atoms with Gasteiger partial charge >= 0.3 is 0 Å². The third-order valence-corrected chi connectivity index (χ3v) is 6.04. The van der Waals surface area contributed by atoms with Crippen LogP contribution in [0.4, 0.5) is 5.69 Å². The number of amides is 1. The SMILES string of the molecule is C=CCN1CC[C@]23CC(=O)CC[C@@]12N(C(C)=O)c1ccccc13. The van der Waals surface area contributed by atoms with E-state index >= 15 is 0 Å². The van der Waals surface area contributed by atoms with E-state index < -0.39 is 5.66 Å². The maximum absolute atomic E-state index is 12.6. The lowest BCUT2D eigenvalue weighted by atomic mass is 9.63. The van der Waals surface area contributed by atoms with E-state index in [0.717, 1.165) is 25.2 Å². The number of carbonyl (C=O) groups is 2. The lowest BCUT2D eigenvalue weighted by Crippen LogP contribution is -2.66. The molecule has 2 fully saturated rings. The smallest absolute Gasteiger partial charge is 0.225 e. The molecular weight excluding hydrogens is 288 g/mol. The van der Waals surface area contributed by atoms with Crippen molar-refractivity contribution in [3.63, 3.8) is 0 Å². The summed E-state index contributed by atoms with van der Waals surface area (Å²) in [6.07, 6.45) is 4.64. The van der Waals surface area contributed by atoms with E-state index in [1.54, 1.807) is 6.92 Å². The summed E-state index contributed by atoms with van der Waals surface area (Å²) in [6, 6.07) is 8.15. The predicted octanol–water partition coefficient (Wildman–Crippen LogP) is 2.63. The molecule has 1 aliphatic carbocycles. The Labute approximate surface area is 136 Å². The molecule has 4 rings (SSSR count). The number of ketones is 1. The molecule has 1 aromatic carbocycles. The number of benzene rings is 1. The summed E-state index contributed by atoms with van der Waals surface area (Å²) in [7, 11) is 0. The molecule has 1 saturated heterocycles. The van der Waals surface area contributed by atoms with Gasteiger partial charge in [-0.25, -0.2) is 0 Å². The van der Waals surface area contributed by atoms with Gasteiger partial charge in [0.15, 0.2) is 0 Å². The van der Waals surface area contributed by atoms with Crippen LogP contribution in [-0.4, -0.2) is 35.3 Å². The van der Waals surface area contributed by atoms with Crippen molar-refractivity contribution in [1.82, 2.24) is 4.90 Å². The minimum absolute atomic E-state index is 0.0598. The highest BCUT2D eigenvalue weighted by Crippen LogP contribution is 2.63. The molecule has 2 aliphatic heterocycles. The number of likely N-dealkylation sites (tertiary alicyclic amines) is 1. The number of rotatable bonds is 2. The number of nitrogens with zero attached hydrogens (tertiary/aromatic N) is 2. The standard InChI is InChI=1S/C19H22N2O2/c1-3-11-20-12-10-18-13-15(23)8-9-19(18,20)21(14(2)22)17-7-5-4-6-16(17)18/h3-7H,1,8-13H2,2H3/t18-,19+/m1/s1. The summed E-state index contributed by atoms with van der Waals surface area (Å²) in [5.41, 5.74) is 1.51. The van der Waals surface area contributed by atoms with Crippen molar-refractivity contribution in [3.8, 4) is 0 Å². The molecule has 23 heavy (non-hydrogen) atoms. The number of anilines is 1.